The van der Waals surface area contributed by atoms with Gasteiger partial charge in [0.15, 0.2) is 5.60 Å². The summed E-state index contributed by atoms with van der Waals surface area (Å²) in [5, 5.41) is 13.3. The van der Waals surface area contributed by atoms with E-state index in [1.807, 2.05) is 29.2 Å². The SMILES string of the molecule is CN(C)C1CCN(C(=O)C2=NO[C@@]3(CCN(Cc4cccc(C#N)c4)C3)C2)CC1. The second-order valence-electron chi connectivity index (χ2n) is 8.75. The standard InChI is InChI=1S/C22H29N5O2/c1-25(2)19-6-9-27(10-7-19)21(28)20-13-22(29-24-20)8-11-26(16-22)15-18-5-3-4-17(12-18)14-23/h3-5,12,19H,6-11,13,15-16H2,1-2H3/t22-/m0/s1. The number of piperidine rings is 1. The fraction of sp³-hybridized carbons (Fsp3) is 0.591. The lowest BCUT2D eigenvalue weighted by molar-refractivity contribution is -0.125. The first-order valence-corrected chi connectivity index (χ1v) is 10.4. The molecule has 1 atom stereocenters. The number of carbonyl (C=O) groups is 1. The molecule has 0 saturated carbocycles. The van der Waals surface area contributed by atoms with Crippen LogP contribution in [0.15, 0.2) is 29.4 Å². The average Bonchev–Trinajstić information content (AvgIpc) is 3.34. The van der Waals surface area contributed by atoms with Crippen LogP contribution < -0.4 is 0 Å². The van der Waals surface area contributed by atoms with E-state index >= 15 is 0 Å². The highest BCUT2D eigenvalue weighted by atomic mass is 16.7. The molecular weight excluding hydrogens is 366 g/mol. The summed E-state index contributed by atoms with van der Waals surface area (Å²) in [6.45, 7) is 4.01. The van der Waals surface area contributed by atoms with Gasteiger partial charge in [0.05, 0.1) is 11.6 Å². The third kappa shape index (κ3) is 4.29. The summed E-state index contributed by atoms with van der Waals surface area (Å²) in [6.07, 6.45) is 3.48. The highest BCUT2D eigenvalue weighted by molar-refractivity contribution is 6.39. The van der Waals surface area contributed by atoms with Crippen molar-refractivity contribution in [3.8, 4) is 6.07 Å². The quantitative estimate of drug-likeness (QED) is 0.778. The van der Waals surface area contributed by atoms with E-state index in [1.54, 1.807) is 0 Å². The monoisotopic (exact) mass is 395 g/mol. The number of nitriles is 1. The minimum atomic E-state index is -0.375. The summed E-state index contributed by atoms with van der Waals surface area (Å²) in [7, 11) is 4.20. The third-order valence-corrected chi connectivity index (χ3v) is 6.43. The molecule has 2 saturated heterocycles. The Bertz CT molecular complexity index is 838. The summed E-state index contributed by atoms with van der Waals surface area (Å²) >= 11 is 0. The molecule has 4 rings (SSSR count). The molecule has 1 aromatic rings. The molecule has 3 aliphatic rings. The van der Waals surface area contributed by atoms with Crippen LogP contribution in [0.1, 0.15) is 36.8 Å². The van der Waals surface area contributed by atoms with Gasteiger partial charge in [-0.2, -0.15) is 5.26 Å². The van der Waals surface area contributed by atoms with Crippen LogP contribution in [0.4, 0.5) is 0 Å². The van der Waals surface area contributed by atoms with Gasteiger partial charge in [-0.3, -0.25) is 9.69 Å². The summed E-state index contributed by atoms with van der Waals surface area (Å²) in [6, 6.07) is 10.5. The maximum atomic E-state index is 12.9. The Labute approximate surface area is 172 Å². The second-order valence-corrected chi connectivity index (χ2v) is 8.75. The Morgan fingerprint density at radius 3 is 2.86 bits per heavy atom. The average molecular weight is 396 g/mol. The maximum Gasteiger partial charge on any atom is 0.271 e. The first-order chi connectivity index (χ1) is 14.0. The van der Waals surface area contributed by atoms with Gasteiger partial charge in [0.25, 0.3) is 5.91 Å². The normalized spacial score (nSPS) is 25.3. The molecule has 7 heteroatoms. The number of hydrogen-bond donors (Lipinski definition) is 0. The molecule has 2 fully saturated rings. The first kappa shape index (κ1) is 19.9. The molecule has 3 aliphatic heterocycles. The van der Waals surface area contributed by atoms with Crippen LogP contribution in [-0.4, -0.2) is 78.2 Å². The van der Waals surface area contributed by atoms with Crippen LogP contribution in [0.3, 0.4) is 0 Å². The summed E-state index contributed by atoms with van der Waals surface area (Å²) in [5.74, 6) is 0.0410. The van der Waals surface area contributed by atoms with Crippen LogP contribution in [0, 0.1) is 11.3 Å². The van der Waals surface area contributed by atoms with Crippen LogP contribution in [0.25, 0.3) is 0 Å². The van der Waals surface area contributed by atoms with Crippen LogP contribution in [0.5, 0.6) is 0 Å². The number of likely N-dealkylation sites (tertiary alicyclic amines) is 2. The highest BCUT2D eigenvalue weighted by Gasteiger charge is 2.47. The molecule has 0 aromatic heterocycles. The lowest BCUT2D eigenvalue weighted by Crippen LogP contribution is -2.47. The van der Waals surface area contributed by atoms with E-state index in [9.17, 15) is 4.79 Å². The Morgan fingerprint density at radius 1 is 1.34 bits per heavy atom. The molecule has 1 spiro atoms. The predicted molar refractivity (Wildman–Crippen MR) is 110 cm³/mol. The molecule has 0 bridgehead atoms. The number of hydrogen-bond acceptors (Lipinski definition) is 6. The van der Waals surface area contributed by atoms with Crippen molar-refractivity contribution >= 4 is 11.6 Å². The number of nitrogens with zero attached hydrogens (tertiary/aromatic N) is 5. The fourth-order valence-electron chi connectivity index (χ4n) is 4.68. The van der Waals surface area contributed by atoms with Crippen molar-refractivity contribution in [2.24, 2.45) is 5.16 Å². The highest BCUT2D eigenvalue weighted by Crippen LogP contribution is 2.35. The van der Waals surface area contributed by atoms with Gasteiger partial charge in [0.1, 0.15) is 5.71 Å². The second kappa shape index (κ2) is 8.13. The molecule has 29 heavy (non-hydrogen) atoms. The van der Waals surface area contributed by atoms with Crippen molar-refractivity contribution in [2.45, 2.75) is 43.9 Å². The van der Waals surface area contributed by atoms with Gasteiger partial charge in [-0.15, -0.1) is 0 Å². The van der Waals surface area contributed by atoms with Crippen molar-refractivity contribution in [1.29, 1.82) is 5.26 Å². The zero-order valence-corrected chi connectivity index (χ0v) is 17.3. The third-order valence-electron chi connectivity index (χ3n) is 6.43. The summed E-state index contributed by atoms with van der Waals surface area (Å²) in [5.41, 5.74) is 2.00. The number of carbonyl (C=O) groups excluding carboxylic acids is 1. The fourth-order valence-corrected chi connectivity index (χ4v) is 4.68. The van der Waals surface area contributed by atoms with Gasteiger partial charge in [-0.25, -0.2) is 0 Å². The van der Waals surface area contributed by atoms with Crippen LogP contribution in [-0.2, 0) is 16.2 Å². The Kier molecular flexibility index (Phi) is 5.57. The van der Waals surface area contributed by atoms with Crippen molar-refractivity contribution in [3.05, 3.63) is 35.4 Å². The molecule has 7 nitrogen and oxygen atoms in total. The number of amides is 1. The molecule has 3 heterocycles. The zero-order chi connectivity index (χ0) is 20.4. The van der Waals surface area contributed by atoms with Crippen molar-refractivity contribution in [2.75, 3.05) is 40.3 Å². The number of oxime groups is 1. The van der Waals surface area contributed by atoms with E-state index in [2.05, 4.69) is 35.1 Å². The Balaban J connectivity index is 1.31. The van der Waals surface area contributed by atoms with E-state index < -0.39 is 0 Å². The van der Waals surface area contributed by atoms with E-state index in [-0.39, 0.29) is 11.5 Å². The lowest BCUT2D eigenvalue weighted by Gasteiger charge is -2.35. The topological polar surface area (TPSA) is 72.2 Å². The zero-order valence-electron chi connectivity index (χ0n) is 17.3. The van der Waals surface area contributed by atoms with Gasteiger partial charge in [0.2, 0.25) is 0 Å². The molecule has 1 amide bonds. The Morgan fingerprint density at radius 2 is 2.14 bits per heavy atom. The lowest BCUT2D eigenvalue weighted by atomic mass is 9.95. The smallest absolute Gasteiger partial charge is 0.271 e. The molecule has 154 valence electrons. The van der Waals surface area contributed by atoms with Crippen molar-refractivity contribution < 1.29 is 9.63 Å². The molecule has 0 unspecified atom stereocenters. The van der Waals surface area contributed by atoms with Gasteiger partial charge < -0.3 is 14.6 Å². The minimum absolute atomic E-state index is 0.0410. The molecule has 0 N–H and O–H groups in total. The van der Waals surface area contributed by atoms with Gasteiger partial charge >= 0.3 is 0 Å². The predicted octanol–water partition coefficient (Wildman–Crippen LogP) is 1.83. The molecule has 1 aromatic carbocycles. The van der Waals surface area contributed by atoms with Crippen molar-refractivity contribution in [1.82, 2.24) is 14.7 Å². The molecular formula is C22H29N5O2. The van der Waals surface area contributed by atoms with E-state index in [1.165, 1.54) is 0 Å². The molecule has 0 aliphatic carbocycles. The van der Waals surface area contributed by atoms with E-state index in [0.29, 0.717) is 23.7 Å². The van der Waals surface area contributed by atoms with Crippen LogP contribution >= 0.6 is 0 Å². The van der Waals surface area contributed by atoms with Crippen LogP contribution in [0.2, 0.25) is 0 Å². The number of rotatable bonds is 4. The number of benzene rings is 1. The van der Waals surface area contributed by atoms with Crippen molar-refractivity contribution in [3.63, 3.8) is 0 Å². The molecule has 0 radical (unpaired) electrons. The van der Waals surface area contributed by atoms with Gasteiger partial charge in [-0.1, -0.05) is 17.3 Å². The Hall–Kier alpha value is -2.43. The van der Waals surface area contributed by atoms with Gasteiger partial charge in [-0.05, 0) is 44.6 Å². The van der Waals surface area contributed by atoms with E-state index in [4.69, 9.17) is 10.1 Å². The van der Waals surface area contributed by atoms with Gasteiger partial charge in [0, 0.05) is 51.6 Å². The first-order valence-electron chi connectivity index (χ1n) is 10.4. The maximum absolute atomic E-state index is 12.9. The summed E-state index contributed by atoms with van der Waals surface area (Å²) < 4.78 is 0. The largest absolute Gasteiger partial charge is 0.387 e. The summed E-state index contributed by atoms with van der Waals surface area (Å²) in [4.78, 5) is 25.2. The van der Waals surface area contributed by atoms with E-state index in [0.717, 1.165) is 57.5 Å². The minimum Gasteiger partial charge on any atom is -0.387 e.